The number of thioether (sulfide) groups is 1. The van der Waals surface area contributed by atoms with E-state index in [9.17, 15) is 4.79 Å². The summed E-state index contributed by atoms with van der Waals surface area (Å²) in [4.78, 5) is 18.3. The Morgan fingerprint density at radius 2 is 1.94 bits per heavy atom. The SMILES string of the molecule is O=C(CSc1nnc(NCCc2cccs2)s1)N1CCN(Cc2ccc(Cl)cc2)CC1. The summed E-state index contributed by atoms with van der Waals surface area (Å²) in [6, 6.07) is 12.2. The quantitative estimate of drug-likeness (QED) is 0.447. The summed E-state index contributed by atoms with van der Waals surface area (Å²) < 4.78 is 0.827. The van der Waals surface area contributed by atoms with Gasteiger partial charge in [0.2, 0.25) is 11.0 Å². The summed E-state index contributed by atoms with van der Waals surface area (Å²) in [6.07, 6.45) is 0.974. The van der Waals surface area contributed by atoms with Crippen LogP contribution in [0.1, 0.15) is 10.4 Å². The summed E-state index contributed by atoms with van der Waals surface area (Å²) in [7, 11) is 0. The first kappa shape index (κ1) is 22.5. The lowest BCUT2D eigenvalue weighted by Gasteiger charge is -2.34. The smallest absolute Gasteiger partial charge is 0.233 e. The molecule has 2 aromatic heterocycles. The van der Waals surface area contributed by atoms with Gasteiger partial charge in [-0.15, -0.1) is 21.5 Å². The van der Waals surface area contributed by atoms with E-state index < -0.39 is 0 Å². The summed E-state index contributed by atoms with van der Waals surface area (Å²) in [6.45, 7) is 5.02. The molecule has 31 heavy (non-hydrogen) atoms. The highest BCUT2D eigenvalue weighted by molar-refractivity contribution is 8.01. The number of piperazine rings is 1. The molecule has 6 nitrogen and oxygen atoms in total. The number of carbonyl (C=O) groups excluding carboxylic acids is 1. The number of carbonyl (C=O) groups is 1. The predicted molar refractivity (Wildman–Crippen MR) is 130 cm³/mol. The Balaban J connectivity index is 1.15. The fraction of sp³-hybridized carbons (Fsp3) is 0.381. The normalized spacial score (nSPS) is 14.7. The largest absolute Gasteiger partial charge is 0.360 e. The average Bonchev–Trinajstić information content (AvgIpc) is 3.47. The third-order valence-corrected chi connectivity index (χ3v) is 8.18. The summed E-state index contributed by atoms with van der Waals surface area (Å²) in [5.74, 6) is 0.569. The minimum atomic E-state index is 0.165. The molecule has 0 saturated carbocycles. The van der Waals surface area contributed by atoms with Crippen LogP contribution in [0.3, 0.4) is 0 Å². The van der Waals surface area contributed by atoms with Gasteiger partial charge in [-0.2, -0.15) is 0 Å². The van der Waals surface area contributed by atoms with Gasteiger partial charge >= 0.3 is 0 Å². The zero-order valence-electron chi connectivity index (χ0n) is 17.0. The van der Waals surface area contributed by atoms with Crippen LogP contribution in [-0.4, -0.2) is 64.4 Å². The maximum absolute atomic E-state index is 12.6. The number of rotatable bonds is 9. The Kier molecular flexibility index (Phi) is 8.21. The van der Waals surface area contributed by atoms with Crippen molar-refractivity contribution in [3.05, 3.63) is 57.2 Å². The van der Waals surface area contributed by atoms with Gasteiger partial charge in [-0.25, -0.2) is 0 Å². The highest BCUT2D eigenvalue weighted by atomic mass is 35.5. The van der Waals surface area contributed by atoms with Crippen LogP contribution in [-0.2, 0) is 17.8 Å². The van der Waals surface area contributed by atoms with Crippen molar-refractivity contribution in [2.45, 2.75) is 17.3 Å². The van der Waals surface area contributed by atoms with Gasteiger partial charge in [0, 0.05) is 49.2 Å². The number of hydrogen-bond donors (Lipinski definition) is 1. The van der Waals surface area contributed by atoms with Gasteiger partial charge in [0.05, 0.1) is 5.75 Å². The van der Waals surface area contributed by atoms with E-state index >= 15 is 0 Å². The summed E-state index contributed by atoms with van der Waals surface area (Å²) >= 11 is 10.7. The van der Waals surface area contributed by atoms with E-state index in [1.807, 2.05) is 17.0 Å². The lowest BCUT2D eigenvalue weighted by atomic mass is 10.2. The number of amides is 1. The number of hydrogen-bond acceptors (Lipinski definition) is 8. The molecule has 1 fully saturated rings. The van der Waals surface area contributed by atoms with E-state index in [1.54, 1.807) is 11.3 Å². The molecule has 0 unspecified atom stereocenters. The van der Waals surface area contributed by atoms with Gasteiger partial charge in [0.25, 0.3) is 0 Å². The minimum absolute atomic E-state index is 0.165. The molecule has 164 valence electrons. The van der Waals surface area contributed by atoms with Crippen molar-refractivity contribution in [2.24, 2.45) is 0 Å². The molecule has 0 bridgehead atoms. The van der Waals surface area contributed by atoms with Crippen LogP contribution in [0, 0.1) is 0 Å². The minimum Gasteiger partial charge on any atom is -0.360 e. The molecule has 1 amide bonds. The van der Waals surface area contributed by atoms with Crippen LogP contribution in [0.5, 0.6) is 0 Å². The number of aromatic nitrogens is 2. The maximum Gasteiger partial charge on any atom is 0.233 e. The Hall–Kier alpha value is -1.65. The van der Waals surface area contributed by atoms with Crippen LogP contribution < -0.4 is 5.32 Å². The van der Waals surface area contributed by atoms with E-state index in [0.717, 1.165) is 60.2 Å². The van der Waals surface area contributed by atoms with Crippen molar-refractivity contribution in [3.8, 4) is 0 Å². The van der Waals surface area contributed by atoms with Crippen molar-refractivity contribution < 1.29 is 4.79 Å². The Morgan fingerprint density at radius 1 is 1.13 bits per heavy atom. The lowest BCUT2D eigenvalue weighted by Crippen LogP contribution is -2.48. The number of thiophene rings is 1. The first-order chi connectivity index (χ1) is 15.2. The van der Waals surface area contributed by atoms with Crippen molar-refractivity contribution >= 4 is 57.1 Å². The number of nitrogens with one attached hydrogen (secondary N) is 1. The molecule has 3 heterocycles. The number of halogens is 1. The standard InChI is InChI=1S/C21H24ClN5OS3/c22-17-5-3-16(4-6-17)14-26-9-11-27(12-10-26)19(28)15-30-21-25-24-20(31-21)23-8-7-18-2-1-13-29-18/h1-6,13H,7-12,14-15H2,(H,23,24). The Labute approximate surface area is 199 Å². The highest BCUT2D eigenvalue weighted by Gasteiger charge is 2.21. The van der Waals surface area contributed by atoms with E-state index in [0.29, 0.717) is 5.75 Å². The zero-order valence-corrected chi connectivity index (χ0v) is 20.2. The van der Waals surface area contributed by atoms with Crippen molar-refractivity contribution in [3.63, 3.8) is 0 Å². The molecule has 10 heteroatoms. The molecule has 1 saturated heterocycles. The molecule has 1 aromatic carbocycles. The summed E-state index contributed by atoms with van der Waals surface area (Å²) in [5.41, 5.74) is 1.25. The molecule has 0 spiro atoms. The fourth-order valence-electron chi connectivity index (χ4n) is 3.31. The second-order valence-electron chi connectivity index (χ2n) is 7.20. The first-order valence-corrected chi connectivity index (χ1v) is 13.2. The van der Waals surface area contributed by atoms with Crippen LogP contribution in [0.15, 0.2) is 46.1 Å². The topological polar surface area (TPSA) is 61.4 Å². The lowest BCUT2D eigenvalue weighted by molar-refractivity contribution is -0.130. The monoisotopic (exact) mass is 493 g/mol. The molecular weight excluding hydrogens is 470 g/mol. The van der Waals surface area contributed by atoms with Crippen LogP contribution in [0.4, 0.5) is 5.13 Å². The maximum atomic E-state index is 12.6. The summed E-state index contributed by atoms with van der Waals surface area (Å²) in [5, 5.41) is 15.3. The molecule has 0 atom stereocenters. The second-order valence-corrected chi connectivity index (χ2v) is 10.9. The molecular formula is C21H24ClN5OS3. The van der Waals surface area contributed by atoms with Crippen LogP contribution in [0.25, 0.3) is 0 Å². The van der Waals surface area contributed by atoms with E-state index in [2.05, 4.69) is 50.1 Å². The van der Waals surface area contributed by atoms with Crippen molar-refractivity contribution in [2.75, 3.05) is 43.8 Å². The Morgan fingerprint density at radius 3 is 2.68 bits per heavy atom. The van der Waals surface area contributed by atoms with Gasteiger partial charge in [-0.05, 0) is 35.6 Å². The Bertz CT molecular complexity index is 956. The molecule has 0 aliphatic carbocycles. The highest BCUT2D eigenvalue weighted by Crippen LogP contribution is 2.26. The van der Waals surface area contributed by atoms with Crippen molar-refractivity contribution in [1.82, 2.24) is 20.0 Å². The average molecular weight is 494 g/mol. The first-order valence-electron chi connectivity index (χ1n) is 10.1. The number of nitrogens with zero attached hydrogens (tertiary/aromatic N) is 4. The fourth-order valence-corrected chi connectivity index (χ4v) is 5.82. The van der Waals surface area contributed by atoms with Gasteiger partial charge in [-0.1, -0.05) is 52.9 Å². The number of anilines is 1. The molecule has 3 aromatic rings. The molecule has 4 rings (SSSR count). The van der Waals surface area contributed by atoms with Gasteiger partial charge in [0.15, 0.2) is 4.34 Å². The molecule has 1 aliphatic rings. The van der Waals surface area contributed by atoms with Crippen LogP contribution >= 0.6 is 46.0 Å². The van der Waals surface area contributed by atoms with Crippen LogP contribution in [0.2, 0.25) is 5.02 Å². The molecule has 1 aliphatic heterocycles. The van der Waals surface area contributed by atoms with E-state index in [1.165, 1.54) is 33.5 Å². The van der Waals surface area contributed by atoms with Crippen molar-refractivity contribution in [1.29, 1.82) is 0 Å². The van der Waals surface area contributed by atoms with Gasteiger partial charge in [-0.3, -0.25) is 9.69 Å². The predicted octanol–water partition coefficient (Wildman–Crippen LogP) is 4.34. The third-order valence-electron chi connectivity index (χ3n) is 5.00. The zero-order chi connectivity index (χ0) is 21.5. The van der Waals surface area contributed by atoms with Gasteiger partial charge < -0.3 is 10.2 Å². The number of benzene rings is 1. The van der Waals surface area contributed by atoms with Gasteiger partial charge in [0.1, 0.15) is 0 Å². The third kappa shape index (κ3) is 6.92. The molecule has 1 N–H and O–H groups in total. The van der Waals surface area contributed by atoms with E-state index in [4.69, 9.17) is 11.6 Å². The molecule has 0 radical (unpaired) electrons. The van der Waals surface area contributed by atoms with E-state index in [-0.39, 0.29) is 5.91 Å². The second kappa shape index (κ2) is 11.3.